The fourth-order valence-corrected chi connectivity index (χ4v) is 3.65. The molecule has 18 heavy (non-hydrogen) atoms. The lowest BCUT2D eigenvalue weighted by molar-refractivity contribution is 0.397. The monoisotopic (exact) mass is 262 g/mol. The van der Waals surface area contributed by atoms with Crippen molar-refractivity contribution in [2.75, 3.05) is 20.1 Å². The van der Waals surface area contributed by atoms with Crippen molar-refractivity contribution in [3.8, 4) is 0 Å². The van der Waals surface area contributed by atoms with Crippen LogP contribution in [0.3, 0.4) is 0 Å². The van der Waals surface area contributed by atoms with Gasteiger partial charge in [0.25, 0.3) is 0 Å². The van der Waals surface area contributed by atoms with Crippen molar-refractivity contribution in [3.05, 3.63) is 29.8 Å². The van der Waals surface area contributed by atoms with Crippen LogP contribution in [0.1, 0.15) is 12.0 Å². The maximum atomic E-state index is 3.66. The molecule has 0 saturated carbocycles. The van der Waals surface area contributed by atoms with Gasteiger partial charge in [-0.1, -0.05) is 49.1 Å². The van der Waals surface area contributed by atoms with Crippen LogP contribution in [0, 0.1) is 0 Å². The number of benzene rings is 1. The first-order valence-corrected chi connectivity index (χ1v) is 10.5. The highest BCUT2D eigenvalue weighted by Crippen LogP contribution is 2.08. The summed E-state index contributed by atoms with van der Waals surface area (Å²) in [6.45, 7) is 10.6. The van der Waals surface area contributed by atoms with Crippen LogP contribution in [-0.4, -0.2) is 39.2 Å². The SMILES string of the molecule is CN1CCC(NCc2ccc([Si](C)(C)C)cc2)C1. The average Bonchev–Trinajstić information content (AvgIpc) is 2.72. The molecule has 1 saturated heterocycles. The van der Waals surface area contributed by atoms with Gasteiger partial charge in [-0.3, -0.25) is 0 Å². The summed E-state index contributed by atoms with van der Waals surface area (Å²) < 4.78 is 0. The van der Waals surface area contributed by atoms with Gasteiger partial charge in [0.2, 0.25) is 0 Å². The van der Waals surface area contributed by atoms with E-state index in [0.717, 1.165) is 6.54 Å². The highest BCUT2D eigenvalue weighted by Gasteiger charge is 2.19. The summed E-state index contributed by atoms with van der Waals surface area (Å²) in [7, 11) is 1.06. The van der Waals surface area contributed by atoms with E-state index in [0.29, 0.717) is 6.04 Å². The van der Waals surface area contributed by atoms with E-state index in [1.807, 2.05) is 0 Å². The first kappa shape index (κ1) is 13.8. The summed E-state index contributed by atoms with van der Waals surface area (Å²) in [4.78, 5) is 2.39. The number of nitrogens with zero attached hydrogens (tertiary/aromatic N) is 1. The van der Waals surface area contributed by atoms with E-state index in [1.54, 1.807) is 5.19 Å². The van der Waals surface area contributed by atoms with Crippen LogP contribution in [0.2, 0.25) is 19.6 Å². The van der Waals surface area contributed by atoms with Crippen LogP contribution in [-0.2, 0) is 6.54 Å². The summed E-state index contributed by atoms with van der Waals surface area (Å²) in [6.07, 6.45) is 1.28. The third kappa shape index (κ3) is 3.67. The third-order valence-electron chi connectivity index (χ3n) is 3.81. The highest BCUT2D eigenvalue weighted by atomic mass is 28.3. The topological polar surface area (TPSA) is 15.3 Å². The van der Waals surface area contributed by atoms with Crippen molar-refractivity contribution < 1.29 is 0 Å². The predicted molar refractivity (Wildman–Crippen MR) is 82.2 cm³/mol. The van der Waals surface area contributed by atoms with Gasteiger partial charge in [-0.2, -0.15) is 0 Å². The lowest BCUT2D eigenvalue weighted by atomic mass is 10.2. The van der Waals surface area contributed by atoms with E-state index in [1.165, 1.54) is 25.1 Å². The Morgan fingerprint density at radius 1 is 1.22 bits per heavy atom. The quantitative estimate of drug-likeness (QED) is 0.835. The molecule has 0 radical (unpaired) electrons. The molecule has 0 spiro atoms. The van der Waals surface area contributed by atoms with Crippen molar-refractivity contribution in [2.45, 2.75) is 38.6 Å². The van der Waals surface area contributed by atoms with E-state index in [-0.39, 0.29) is 0 Å². The molecular weight excluding hydrogens is 236 g/mol. The van der Waals surface area contributed by atoms with Gasteiger partial charge in [-0.15, -0.1) is 0 Å². The van der Waals surface area contributed by atoms with Crippen molar-refractivity contribution in [1.82, 2.24) is 10.2 Å². The summed E-state index contributed by atoms with van der Waals surface area (Å²) in [5.74, 6) is 0. The van der Waals surface area contributed by atoms with Gasteiger partial charge in [0.05, 0.1) is 8.07 Å². The lowest BCUT2D eigenvalue weighted by Gasteiger charge is -2.17. The smallest absolute Gasteiger partial charge is 0.0775 e. The van der Waals surface area contributed by atoms with Gasteiger partial charge in [0.15, 0.2) is 0 Å². The van der Waals surface area contributed by atoms with Crippen molar-refractivity contribution in [2.24, 2.45) is 0 Å². The Bertz CT molecular complexity index is 380. The Balaban J connectivity index is 1.87. The summed E-state index contributed by atoms with van der Waals surface area (Å²) in [6, 6.07) is 9.90. The Morgan fingerprint density at radius 2 is 1.89 bits per heavy atom. The molecule has 0 aromatic heterocycles. The standard InChI is InChI=1S/C15H26N2Si/c1-17-10-9-14(12-17)16-11-13-5-7-15(8-6-13)18(2,3)4/h5-8,14,16H,9-12H2,1-4H3. The second kappa shape index (κ2) is 5.55. The molecule has 1 unspecified atom stereocenters. The van der Waals surface area contributed by atoms with Crippen LogP contribution >= 0.6 is 0 Å². The predicted octanol–water partition coefficient (Wildman–Crippen LogP) is 2.03. The fraction of sp³-hybridized carbons (Fsp3) is 0.600. The van der Waals surface area contributed by atoms with Gasteiger partial charge in [-0.05, 0) is 25.6 Å². The summed E-state index contributed by atoms with van der Waals surface area (Å²) in [5.41, 5.74) is 1.41. The van der Waals surface area contributed by atoms with E-state index >= 15 is 0 Å². The number of likely N-dealkylation sites (tertiary alicyclic amines) is 1. The minimum atomic E-state index is -1.14. The molecule has 1 aliphatic heterocycles. The van der Waals surface area contributed by atoms with Crippen molar-refractivity contribution in [1.29, 1.82) is 0 Å². The molecule has 2 nitrogen and oxygen atoms in total. The Labute approximate surface area is 112 Å². The Kier molecular flexibility index (Phi) is 4.25. The molecule has 1 aromatic carbocycles. The van der Waals surface area contributed by atoms with Gasteiger partial charge in [0.1, 0.15) is 0 Å². The van der Waals surface area contributed by atoms with Crippen LogP contribution in [0.5, 0.6) is 0 Å². The van der Waals surface area contributed by atoms with E-state index in [2.05, 4.69) is 61.2 Å². The number of hydrogen-bond donors (Lipinski definition) is 1. The van der Waals surface area contributed by atoms with Gasteiger partial charge in [-0.25, -0.2) is 0 Å². The van der Waals surface area contributed by atoms with Crippen LogP contribution in [0.15, 0.2) is 24.3 Å². The number of rotatable bonds is 4. The second-order valence-electron chi connectivity index (χ2n) is 6.58. The normalized spacial score (nSPS) is 21.4. The van der Waals surface area contributed by atoms with Crippen LogP contribution in [0.4, 0.5) is 0 Å². The van der Waals surface area contributed by atoms with Gasteiger partial charge < -0.3 is 10.2 Å². The first-order chi connectivity index (χ1) is 8.45. The highest BCUT2D eigenvalue weighted by molar-refractivity contribution is 6.88. The zero-order chi connectivity index (χ0) is 13.2. The maximum absolute atomic E-state index is 3.66. The minimum absolute atomic E-state index is 0.673. The molecule has 2 rings (SSSR count). The largest absolute Gasteiger partial charge is 0.309 e. The molecule has 3 heteroatoms. The lowest BCUT2D eigenvalue weighted by Crippen LogP contribution is -2.37. The second-order valence-corrected chi connectivity index (χ2v) is 11.7. The molecule has 1 heterocycles. The zero-order valence-corrected chi connectivity index (χ0v) is 13.2. The van der Waals surface area contributed by atoms with Crippen LogP contribution in [0.25, 0.3) is 0 Å². The molecular formula is C15H26N2Si. The molecule has 1 aromatic rings. The van der Waals surface area contributed by atoms with E-state index in [9.17, 15) is 0 Å². The fourth-order valence-electron chi connectivity index (χ4n) is 2.49. The minimum Gasteiger partial charge on any atom is -0.309 e. The number of likely N-dealkylation sites (N-methyl/N-ethyl adjacent to an activating group) is 1. The number of nitrogens with one attached hydrogen (secondary N) is 1. The molecule has 1 atom stereocenters. The Morgan fingerprint density at radius 3 is 2.39 bits per heavy atom. The first-order valence-electron chi connectivity index (χ1n) is 6.96. The molecule has 0 aliphatic carbocycles. The van der Waals surface area contributed by atoms with Gasteiger partial charge in [0, 0.05) is 19.1 Å². The van der Waals surface area contributed by atoms with Crippen molar-refractivity contribution in [3.63, 3.8) is 0 Å². The molecule has 1 N–H and O–H groups in total. The zero-order valence-electron chi connectivity index (χ0n) is 12.2. The molecule has 0 amide bonds. The number of hydrogen-bond acceptors (Lipinski definition) is 2. The van der Waals surface area contributed by atoms with E-state index < -0.39 is 8.07 Å². The maximum Gasteiger partial charge on any atom is 0.0775 e. The van der Waals surface area contributed by atoms with E-state index in [4.69, 9.17) is 0 Å². The molecule has 0 bridgehead atoms. The van der Waals surface area contributed by atoms with Crippen LogP contribution < -0.4 is 10.5 Å². The summed E-state index contributed by atoms with van der Waals surface area (Å²) in [5, 5.41) is 5.20. The third-order valence-corrected chi connectivity index (χ3v) is 5.87. The van der Waals surface area contributed by atoms with Crippen molar-refractivity contribution >= 4 is 13.3 Å². The average molecular weight is 262 g/mol. The van der Waals surface area contributed by atoms with Gasteiger partial charge >= 0.3 is 0 Å². The molecule has 1 aliphatic rings. The Hall–Kier alpha value is -0.643. The molecule has 100 valence electrons. The molecule has 1 fully saturated rings. The summed E-state index contributed by atoms with van der Waals surface area (Å²) >= 11 is 0.